The number of carbonyl (C=O) groups excluding carboxylic acids is 1. The highest BCUT2D eigenvalue weighted by atomic mass is 35.5. The van der Waals surface area contributed by atoms with Crippen molar-refractivity contribution in [2.75, 3.05) is 24.2 Å². The van der Waals surface area contributed by atoms with E-state index < -0.39 is 0 Å². The highest BCUT2D eigenvalue weighted by Crippen LogP contribution is 2.37. The van der Waals surface area contributed by atoms with Crippen LogP contribution in [0.15, 0.2) is 48.5 Å². The largest absolute Gasteiger partial charge is 0.324 e. The van der Waals surface area contributed by atoms with Gasteiger partial charge in [-0.25, -0.2) is 4.79 Å². The maximum absolute atomic E-state index is 12.5. The molecule has 1 saturated heterocycles. The highest BCUT2D eigenvalue weighted by Gasteiger charge is 2.23. The molecule has 24 heavy (non-hydrogen) atoms. The molecule has 0 radical (unpaired) electrons. The molecule has 2 amide bonds. The Morgan fingerprint density at radius 2 is 1.75 bits per heavy atom. The van der Waals surface area contributed by atoms with E-state index in [1.165, 1.54) is 0 Å². The van der Waals surface area contributed by atoms with E-state index in [0.717, 1.165) is 22.8 Å². The SMILES string of the molecule is O=C(Nc1ccccc1Cl)N1CCSC(c2ccccc2Cl)CC1. The van der Waals surface area contributed by atoms with Crippen molar-refractivity contribution >= 4 is 46.7 Å². The lowest BCUT2D eigenvalue weighted by atomic mass is 10.1. The molecule has 2 aromatic rings. The fourth-order valence-electron chi connectivity index (χ4n) is 2.71. The minimum Gasteiger partial charge on any atom is -0.324 e. The fraction of sp³-hybridized carbons (Fsp3) is 0.278. The van der Waals surface area contributed by atoms with Crippen LogP contribution in [0.3, 0.4) is 0 Å². The zero-order valence-electron chi connectivity index (χ0n) is 13.0. The van der Waals surface area contributed by atoms with E-state index in [-0.39, 0.29) is 6.03 Å². The third-order valence-electron chi connectivity index (χ3n) is 4.00. The Hall–Kier alpha value is -1.36. The van der Waals surface area contributed by atoms with Crippen LogP contribution >= 0.6 is 35.0 Å². The Morgan fingerprint density at radius 1 is 1.04 bits per heavy atom. The van der Waals surface area contributed by atoms with Crippen LogP contribution in [0.25, 0.3) is 0 Å². The van der Waals surface area contributed by atoms with E-state index in [0.29, 0.717) is 29.0 Å². The predicted octanol–water partition coefficient (Wildman–Crippen LogP) is 5.71. The van der Waals surface area contributed by atoms with Gasteiger partial charge in [-0.1, -0.05) is 53.5 Å². The summed E-state index contributed by atoms with van der Waals surface area (Å²) in [6.45, 7) is 1.40. The van der Waals surface area contributed by atoms with Gasteiger partial charge in [0.1, 0.15) is 0 Å². The zero-order valence-corrected chi connectivity index (χ0v) is 15.4. The van der Waals surface area contributed by atoms with E-state index in [9.17, 15) is 4.79 Å². The Bertz CT molecular complexity index is 726. The van der Waals surface area contributed by atoms with Crippen LogP contribution in [-0.2, 0) is 0 Å². The number of benzene rings is 2. The number of hydrogen-bond acceptors (Lipinski definition) is 2. The van der Waals surface area contributed by atoms with Gasteiger partial charge in [0.2, 0.25) is 0 Å². The summed E-state index contributed by atoms with van der Waals surface area (Å²) in [5.74, 6) is 0.881. The predicted molar refractivity (Wildman–Crippen MR) is 103 cm³/mol. The fourth-order valence-corrected chi connectivity index (χ4v) is 4.50. The summed E-state index contributed by atoms with van der Waals surface area (Å²) in [6.07, 6.45) is 0.879. The third-order valence-corrected chi connectivity index (χ3v) is 5.98. The van der Waals surface area contributed by atoms with E-state index in [4.69, 9.17) is 23.2 Å². The molecule has 1 fully saturated rings. The zero-order chi connectivity index (χ0) is 16.9. The molecular weight excluding hydrogens is 363 g/mol. The number of hydrogen-bond donors (Lipinski definition) is 1. The lowest BCUT2D eigenvalue weighted by Gasteiger charge is -2.21. The van der Waals surface area contributed by atoms with Crippen LogP contribution in [0.1, 0.15) is 17.2 Å². The summed E-state index contributed by atoms with van der Waals surface area (Å²) >= 11 is 14.3. The number of nitrogens with one attached hydrogen (secondary N) is 1. The highest BCUT2D eigenvalue weighted by molar-refractivity contribution is 7.99. The maximum Gasteiger partial charge on any atom is 0.321 e. The van der Waals surface area contributed by atoms with Gasteiger partial charge in [-0.3, -0.25) is 0 Å². The van der Waals surface area contributed by atoms with Gasteiger partial charge < -0.3 is 10.2 Å². The molecule has 0 aromatic heterocycles. The third kappa shape index (κ3) is 4.18. The standard InChI is InChI=1S/C18H18Cl2N2OS/c19-14-6-2-1-5-13(14)17-9-10-22(11-12-24-17)18(23)21-16-8-4-3-7-15(16)20/h1-8,17H,9-12H2,(H,21,23). The quantitative estimate of drug-likeness (QED) is 0.723. The number of amides is 2. The number of halogens is 2. The van der Waals surface area contributed by atoms with Gasteiger partial charge in [0.05, 0.1) is 10.7 Å². The van der Waals surface area contributed by atoms with Crippen molar-refractivity contribution in [3.05, 3.63) is 64.1 Å². The molecule has 1 N–H and O–H groups in total. The number of thioether (sulfide) groups is 1. The summed E-state index contributed by atoms with van der Waals surface area (Å²) < 4.78 is 0. The van der Waals surface area contributed by atoms with E-state index in [1.807, 2.05) is 47.0 Å². The molecule has 126 valence electrons. The Balaban J connectivity index is 1.64. The van der Waals surface area contributed by atoms with Gasteiger partial charge in [-0.15, -0.1) is 0 Å². The molecule has 1 aliphatic rings. The maximum atomic E-state index is 12.5. The minimum atomic E-state index is -0.108. The number of nitrogens with zero attached hydrogens (tertiary/aromatic N) is 1. The summed E-state index contributed by atoms with van der Waals surface area (Å²) in [7, 11) is 0. The van der Waals surface area contributed by atoms with Gasteiger partial charge in [0, 0.05) is 29.1 Å². The minimum absolute atomic E-state index is 0.108. The first-order valence-electron chi connectivity index (χ1n) is 7.81. The van der Waals surface area contributed by atoms with Crippen LogP contribution in [-0.4, -0.2) is 29.8 Å². The van der Waals surface area contributed by atoms with Crippen LogP contribution < -0.4 is 5.32 Å². The number of carbonyl (C=O) groups is 1. The van der Waals surface area contributed by atoms with Crippen molar-refractivity contribution in [2.24, 2.45) is 0 Å². The molecule has 0 spiro atoms. The van der Waals surface area contributed by atoms with Crippen molar-refractivity contribution in [1.82, 2.24) is 4.90 Å². The van der Waals surface area contributed by atoms with E-state index in [1.54, 1.807) is 12.1 Å². The number of urea groups is 1. The molecule has 3 rings (SSSR count). The van der Waals surface area contributed by atoms with Crippen molar-refractivity contribution in [3.8, 4) is 0 Å². The van der Waals surface area contributed by atoms with Gasteiger partial charge in [-0.05, 0) is 30.2 Å². The van der Waals surface area contributed by atoms with Gasteiger partial charge >= 0.3 is 6.03 Å². The summed E-state index contributed by atoms with van der Waals surface area (Å²) in [5, 5.41) is 4.55. The molecular formula is C18H18Cl2N2OS. The van der Waals surface area contributed by atoms with Crippen LogP contribution in [0.5, 0.6) is 0 Å². The van der Waals surface area contributed by atoms with E-state index in [2.05, 4.69) is 11.4 Å². The monoisotopic (exact) mass is 380 g/mol. The van der Waals surface area contributed by atoms with Crippen molar-refractivity contribution in [3.63, 3.8) is 0 Å². The van der Waals surface area contributed by atoms with Crippen molar-refractivity contribution in [1.29, 1.82) is 0 Å². The molecule has 0 bridgehead atoms. The lowest BCUT2D eigenvalue weighted by molar-refractivity contribution is 0.215. The first kappa shape index (κ1) is 17.5. The second-order valence-electron chi connectivity index (χ2n) is 5.57. The Labute approximate surface area is 156 Å². The second-order valence-corrected chi connectivity index (χ2v) is 7.69. The van der Waals surface area contributed by atoms with Crippen LogP contribution in [0.4, 0.5) is 10.5 Å². The molecule has 0 aliphatic carbocycles. The average Bonchev–Trinajstić information content (AvgIpc) is 2.83. The normalized spacial score (nSPS) is 18.1. The van der Waals surface area contributed by atoms with Gasteiger partial charge in [0.25, 0.3) is 0 Å². The number of rotatable bonds is 2. The smallest absolute Gasteiger partial charge is 0.321 e. The molecule has 6 heteroatoms. The molecule has 2 aromatic carbocycles. The van der Waals surface area contributed by atoms with Gasteiger partial charge in [0.15, 0.2) is 0 Å². The molecule has 1 aliphatic heterocycles. The van der Waals surface area contributed by atoms with Crippen molar-refractivity contribution < 1.29 is 4.79 Å². The molecule has 1 atom stereocenters. The summed E-state index contributed by atoms with van der Waals surface area (Å²) in [6, 6.07) is 15.1. The van der Waals surface area contributed by atoms with Gasteiger partial charge in [-0.2, -0.15) is 11.8 Å². The molecule has 3 nitrogen and oxygen atoms in total. The van der Waals surface area contributed by atoms with Crippen LogP contribution in [0, 0.1) is 0 Å². The molecule has 1 unspecified atom stereocenters. The summed E-state index contributed by atoms with van der Waals surface area (Å²) in [4.78, 5) is 14.3. The number of anilines is 1. The molecule has 0 saturated carbocycles. The lowest BCUT2D eigenvalue weighted by Crippen LogP contribution is -2.36. The topological polar surface area (TPSA) is 32.3 Å². The Morgan fingerprint density at radius 3 is 2.50 bits per heavy atom. The van der Waals surface area contributed by atoms with Crippen LogP contribution in [0.2, 0.25) is 10.0 Å². The average molecular weight is 381 g/mol. The first-order chi connectivity index (χ1) is 11.6. The second kappa shape index (κ2) is 8.15. The Kier molecular flexibility index (Phi) is 5.93. The van der Waals surface area contributed by atoms with Crippen molar-refractivity contribution in [2.45, 2.75) is 11.7 Å². The first-order valence-corrected chi connectivity index (χ1v) is 9.62. The van der Waals surface area contributed by atoms with E-state index >= 15 is 0 Å². The molecule has 1 heterocycles. The summed E-state index contributed by atoms with van der Waals surface area (Å²) in [5.41, 5.74) is 1.79. The number of para-hydroxylation sites is 1.